The molecule has 0 unspecified atom stereocenters. The van der Waals surface area contributed by atoms with Crippen molar-refractivity contribution in [2.75, 3.05) is 17.7 Å². The number of hydrogen-bond acceptors (Lipinski definition) is 8. The molecule has 2 bridgehead atoms. The summed E-state index contributed by atoms with van der Waals surface area (Å²) < 4.78 is 6.15. The van der Waals surface area contributed by atoms with Crippen LogP contribution in [0, 0.1) is 0 Å². The molecule has 3 N–H and O–H groups in total. The van der Waals surface area contributed by atoms with E-state index in [0.717, 1.165) is 5.56 Å². The Morgan fingerprint density at radius 1 is 1.14 bits per heavy atom. The summed E-state index contributed by atoms with van der Waals surface area (Å²) in [4.78, 5) is 42.0. The van der Waals surface area contributed by atoms with E-state index >= 15 is 0 Å². The monoisotopic (exact) mass is 584 g/mol. The minimum absolute atomic E-state index is 0.116. The van der Waals surface area contributed by atoms with Gasteiger partial charge in [0.1, 0.15) is 6.33 Å². The number of ether oxygens (including phenoxy) is 1. The molecule has 3 heterocycles. The van der Waals surface area contributed by atoms with Gasteiger partial charge in [0, 0.05) is 40.5 Å². The average Bonchev–Trinajstić information content (AvgIpc) is 3.52. The van der Waals surface area contributed by atoms with Crippen molar-refractivity contribution in [2.24, 2.45) is 0 Å². The predicted molar refractivity (Wildman–Crippen MR) is 157 cm³/mol. The number of rotatable bonds is 5. The minimum atomic E-state index is -0.627. The fraction of sp³-hybridized carbons (Fsp3) is 0.138. The van der Waals surface area contributed by atoms with Gasteiger partial charge in [0.25, 0.3) is 0 Å². The van der Waals surface area contributed by atoms with Crippen LogP contribution < -0.4 is 16.0 Å². The lowest BCUT2D eigenvalue weighted by Gasteiger charge is -2.19. The molecular formula is C29H25ClN8O4. The molecule has 212 valence electrons. The molecule has 0 saturated carbocycles. The third-order valence-corrected chi connectivity index (χ3v) is 6.57. The van der Waals surface area contributed by atoms with E-state index < -0.39 is 12.1 Å². The van der Waals surface area contributed by atoms with Gasteiger partial charge in [-0.3, -0.25) is 19.9 Å². The van der Waals surface area contributed by atoms with Crippen molar-refractivity contribution < 1.29 is 19.1 Å². The molecule has 42 heavy (non-hydrogen) atoms. The van der Waals surface area contributed by atoms with Crippen molar-refractivity contribution in [3.63, 3.8) is 0 Å². The molecule has 0 saturated heterocycles. The zero-order chi connectivity index (χ0) is 29.5. The van der Waals surface area contributed by atoms with Crippen LogP contribution >= 0.6 is 11.6 Å². The number of nitrogens with one attached hydrogen (secondary N) is 3. The minimum Gasteiger partial charge on any atom is -0.453 e. The van der Waals surface area contributed by atoms with E-state index in [1.165, 1.54) is 24.2 Å². The molecule has 2 aromatic heterocycles. The van der Waals surface area contributed by atoms with Gasteiger partial charge in [-0.2, -0.15) is 4.68 Å². The van der Waals surface area contributed by atoms with Crippen molar-refractivity contribution >= 4 is 47.0 Å². The fourth-order valence-corrected chi connectivity index (χ4v) is 4.54. The largest absolute Gasteiger partial charge is 0.453 e. The van der Waals surface area contributed by atoms with Crippen LogP contribution in [0.3, 0.4) is 0 Å². The van der Waals surface area contributed by atoms with Crippen molar-refractivity contribution in [2.45, 2.75) is 18.9 Å². The van der Waals surface area contributed by atoms with E-state index in [0.29, 0.717) is 45.3 Å². The summed E-state index contributed by atoms with van der Waals surface area (Å²) in [6.45, 7) is 0. The summed E-state index contributed by atoms with van der Waals surface area (Å²) in [5, 5.41) is 20.3. The highest BCUT2D eigenvalue weighted by molar-refractivity contribution is 6.30. The molecule has 1 aliphatic rings. The maximum atomic E-state index is 13.1. The van der Waals surface area contributed by atoms with E-state index in [2.05, 4.69) is 41.2 Å². The Morgan fingerprint density at radius 2 is 2.02 bits per heavy atom. The zero-order valence-corrected chi connectivity index (χ0v) is 23.1. The Labute approximate surface area is 245 Å². The Hall–Kier alpha value is -5.36. The maximum Gasteiger partial charge on any atom is 0.411 e. The molecule has 0 radical (unpaired) electrons. The highest BCUT2D eigenvalue weighted by Crippen LogP contribution is 2.33. The first-order valence-corrected chi connectivity index (χ1v) is 13.2. The van der Waals surface area contributed by atoms with Crippen LogP contribution in [0.25, 0.3) is 22.9 Å². The van der Waals surface area contributed by atoms with Crippen LogP contribution in [0.2, 0.25) is 5.02 Å². The predicted octanol–water partition coefficient (Wildman–Crippen LogP) is 4.72. The van der Waals surface area contributed by atoms with Crippen LogP contribution in [0.1, 0.15) is 30.1 Å². The Bertz CT molecular complexity index is 1690. The number of carbonyl (C=O) groups is 3. The van der Waals surface area contributed by atoms with Gasteiger partial charge < -0.3 is 15.4 Å². The molecule has 1 atom stereocenters. The number of aromatic nitrogens is 5. The van der Waals surface area contributed by atoms with Crippen molar-refractivity contribution in [1.82, 2.24) is 30.5 Å². The molecule has 0 aliphatic carbocycles. The Balaban J connectivity index is 1.43. The van der Waals surface area contributed by atoms with Gasteiger partial charge in [0.05, 0.1) is 30.2 Å². The molecule has 0 spiro atoms. The Kier molecular flexibility index (Phi) is 8.64. The Morgan fingerprint density at radius 3 is 2.83 bits per heavy atom. The van der Waals surface area contributed by atoms with Gasteiger partial charge in [-0.1, -0.05) is 29.8 Å². The molecule has 3 amide bonds. The van der Waals surface area contributed by atoms with E-state index in [9.17, 15) is 14.4 Å². The van der Waals surface area contributed by atoms with Gasteiger partial charge in [0.2, 0.25) is 11.8 Å². The van der Waals surface area contributed by atoms with Crippen molar-refractivity contribution in [3.8, 4) is 16.8 Å². The van der Waals surface area contributed by atoms with Gasteiger partial charge in [-0.15, -0.1) is 5.10 Å². The van der Waals surface area contributed by atoms with Gasteiger partial charge >= 0.3 is 6.09 Å². The van der Waals surface area contributed by atoms with Crippen molar-refractivity contribution in [1.29, 1.82) is 0 Å². The number of carbonyl (C=O) groups excluding carboxylic acids is 3. The van der Waals surface area contributed by atoms with Crippen LogP contribution in [0.5, 0.6) is 0 Å². The first-order chi connectivity index (χ1) is 20.4. The fourth-order valence-electron chi connectivity index (χ4n) is 4.35. The number of hydrogen-bond donors (Lipinski definition) is 3. The molecular weight excluding hydrogens is 560 g/mol. The van der Waals surface area contributed by atoms with Crippen LogP contribution in [-0.2, 0) is 14.3 Å². The third-order valence-electron chi connectivity index (χ3n) is 6.33. The number of halogens is 1. The zero-order valence-electron chi connectivity index (χ0n) is 22.3. The standard InChI is InChI=1S/C29H25ClN8O4/c1-42-29(41)33-21-8-9-22-18-12-13-31-25(15-18)23(4-2-3-5-27(39)35-24(22)16-21)34-28(40)11-6-19-14-20(30)7-10-26(19)38-17-32-36-37-38/h2-3,6-17,23H,4-5H2,1H3,(H,33,41)(H,34,40)(H,35,39)/b3-2-,11-6+/t23-/m0/s1. The second-order valence-electron chi connectivity index (χ2n) is 9.16. The van der Waals surface area contributed by atoms with E-state index in [-0.39, 0.29) is 18.2 Å². The van der Waals surface area contributed by atoms with E-state index in [1.807, 2.05) is 18.2 Å². The quantitative estimate of drug-likeness (QED) is 0.225. The smallest absolute Gasteiger partial charge is 0.411 e. The lowest BCUT2D eigenvalue weighted by molar-refractivity contribution is -0.117. The number of anilines is 2. The number of tetrazole rings is 1. The molecule has 4 aromatic rings. The highest BCUT2D eigenvalue weighted by atomic mass is 35.5. The lowest BCUT2D eigenvalue weighted by Crippen LogP contribution is -2.27. The van der Waals surface area contributed by atoms with Crippen LogP contribution in [0.15, 0.2) is 79.3 Å². The number of nitrogens with zero attached hydrogens (tertiary/aromatic N) is 5. The molecule has 5 rings (SSSR count). The third kappa shape index (κ3) is 6.85. The van der Waals surface area contributed by atoms with Crippen LogP contribution in [-0.4, -0.2) is 50.2 Å². The number of amides is 3. The molecule has 13 heteroatoms. The first kappa shape index (κ1) is 28.2. The topological polar surface area (TPSA) is 153 Å². The summed E-state index contributed by atoms with van der Waals surface area (Å²) in [5.41, 5.74) is 4.37. The second kappa shape index (κ2) is 12.9. The normalized spacial score (nSPS) is 15.5. The van der Waals surface area contributed by atoms with Gasteiger partial charge in [-0.05, 0) is 71.0 Å². The second-order valence-corrected chi connectivity index (χ2v) is 9.59. The molecule has 0 fully saturated rings. The first-order valence-electron chi connectivity index (χ1n) is 12.8. The van der Waals surface area contributed by atoms with E-state index in [4.69, 9.17) is 11.6 Å². The average molecular weight is 585 g/mol. The number of benzene rings is 2. The summed E-state index contributed by atoms with van der Waals surface area (Å²) in [5.74, 6) is -0.590. The van der Waals surface area contributed by atoms with Crippen LogP contribution in [0.4, 0.5) is 16.2 Å². The number of pyridine rings is 1. The molecule has 12 nitrogen and oxygen atoms in total. The molecule has 1 aliphatic heterocycles. The summed E-state index contributed by atoms with van der Waals surface area (Å²) in [7, 11) is 1.27. The lowest BCUT2D eigenvalue weighted by atomic mass is 9.99. The number of methoxy groups -OCH3 is 1. The van der Waals surface area contributed by atoms with E-state index in [1.54, 1.807) is 54.7 Å². The highest BCUT2D eigenvalue weighted by Gasteiger charge is 2.18. The summed E-state index contributed by atoms with van der Waals surface area (Å²) in [6, 6.07) is 13.5. The SMILES string of the molecule is COC(=O)Nc1ccc2c(c1)NC(=O)C/C=C\C[C@H](NC(=O)/C=C/c1cc(Cl)ccc1-n1cnnn1)c1cc-2ccn1. The summed E-state index contributed by atoms with van der Waals surface area (Å²) >= 11 is 6.19. The number of fused-ring (bicyclic) bond motifs is 4. The summed E-state index contributed by atoms with van der Waals surface area (Å²) in [6.07, 6.45) is 9.59. The van der Waals surface area contributed by atoms with Gasteiger partial charge in [0.15, 0.2) is 0 Å². The van der Waals surface area contributed by atoms with Gasteiger partial charge in [-0.25, -0.2) is 4.79 Å². The molecule has 2 aromatic carbocycles. The maximum absolute atomic E-state index is 13.1. The van der Waals surface area contributed by atoms with Crippen molar-refractivity contribution in [3.05, 3.63) is 95.6 Å².